The maximum atomic E-state index is 11.9. The number of nitrogens with one attached hydrogen (secondary N) is 1. The molecule has 0 atom stereocenters. The lowest BCUT2D eigenvalue weighted by Gasteiger charge is -2.05. The Hall–Kier alpha value is -1.34. The molecule has 108 valence electrons. The molecule has 0 saturated carbocycles. The van der Waals surface area contributed by atoms with Gasteiger partial charge in [-0.25, -0.2) is 0 Å². The molecule has 3 nitrogen and oxygen atoms in total. The van der Waals surface area contributed by atoms with Gasteiger partial charge in [0.15, 0.2) is 0 Å². The van der Waals surface area contributed by atoms with Crippen molar-refractivity contribution < 1.29 is 9.53 Å². The van der Waals surface area contributed by atoms with Crippen LogP contribution in [0.15, 0.2) is 53.0 Å². The second-order valence-electron chi connectivity index (χ2n) is 4.22. The molecular formula is C16H13BrINO2. The van der Waals surface area contributed by atoms with Gasteiger partial charge in [-0.15, -0.1) is 0 Å². The van der Waals surface area contributed by atoms with Gasteiger partial charge >= 0.3 is 0 Å². The second kappa shape index (κ2) is 7.61. The van der Waals surface area contributed by atoms with E-state index in [4.69, 9.17) is 4.74 Å². The van der Waals surface area contributed by atoms with Crippen LogP contribution in [0.4, 0.5) is 5.69 Å². The molecule has 0 aliphatic heterocycles. The van der Waals surface area contributed by atoms with Crippen LogP contribution >= 0.6 is 38.5 Å². The van der Waals surface area contributed by atoms with E-state index in [1.807, 2.05) is 42.5 Å². The lowest BCUT2D eigenvalue weighted by molar-refractivity contribution is -0.111. The Labute approximate surface area is 145 Å². The van der Waals surface area contributed by atoms with Crippen molar-refractivity contribution in [2.45, 2.75) is 0 Å². The predicted octanol–water partition coefficient (Wildman–Crippen LogP) is 4.71. The Morgan fingerprint density at radius 3 is 2.81 bits per heavy atom. The molecule has 0 aliphatic rings. The van der Waals surface area contributed by atoms with Gasteiger partial charge in [0.2, 0.25) is 5.91 Å². The number of amides is 1. The first-order valence-corrected chi connectivity index (χ1v) is 8.04. The van der Waals surface area contributed by atoms with Gasteiger partial charge in [0.1, 0.15) is 5.75 Å². The maximum absolute atomic E-state index is 11.9. The molecule has 2 aromatic carbocycles. The molecule has 0 aliphatic carbocycles. The lowest BCUT2D eigenvalue weighted by Crippen LogP contribution is -2.07. The summed E-state index contributed by atoms with van der Waals surface area (Å²) >= 11 is 5.61. The number of carbonyl (C=O) groups is 1. The number of hydrogen-bond donors (Lipinski definition) is 1. The molecule has 0 bridgehead atoms. The fourth-order valence-corrected chi connectivity index (χ4v) is 2.67. The highest BCUT2D eigenvalue weighted by atomic mass is 127. The number of hydrogen-bond acceptors (Lipinski definition) is 2. The molecule has 1 N–H and O–H groups in total. The van der Waals surface area contributed by atoms with Gasteiger partial charge in [-0.1, -0.05) is 22.0 Å². The van der Waals surface area contributed by atoms with Gasteiger partial charge in [0, 0.05) is 25.4 Å². The van der Waals surface area contributed by atoms with E-state index < -0.39 is 0 Å². The van der Waals surface area contributed by atoms with Crippen molar-refractivity contribution in [1.82, 2.24) is 0 Å². The first-order chi connectivity index (χ1) is 10.1. The van der Waals surface area contributed by atoms with E-state index >= 15 is 0 Å². The molecule has 5 heteroatoms. The van der Waals surface area contributed by atoms with Crippen molar-refractivity contribution in [3.63, 3.8) is 0 Å². The average molecular weight is 458 g/mol. The topological polar surface area (TPSA) is 38.3 Å². The van der Waals surface area contributed by atoms with E-state index in [0.29, 0.717) is 0 Å². The van der Waals surface area contributed by atoms with Gasteiger partial charge in [-0.2, -0.15) is 0 Å². The monoisotopic (exact) mass is 457 g/mol. The molecule has 0 heterocycles. The molecule has 1 amide bonds. The van der Waals surface area contributed by atoms with Gasteiger partial charge in [-0.3, -0.25) is 4.79 Å². The largest absolute Gasteiger partial charge is 0.496 e. The molecule has 0 unspecified atom stereocenters. The third kappa shape index (κ3) is 4.86. The van der Waals surface area contributed by atoms with Gasteiger partial charge in [-0.05, 0) is 65.1 Å². The number of benzene rings is 2. The van der Waals surface area contributed by atoms with Crippen LogP contribution in [0.2, 0.25) is 0 Å². The Bertz CT molecular complexity index is 686. The Kier molecular flexibility index (Phi) is 5.81. The summed E-state index contributed by atoms with van der Waals surface area (Å²) in [7, 11) is 1.60. The standard InChI is InChI=1S/C16H13BrINO2/c1-21-15-7-6-12(17)9-11(15)5-8-16(20)19-14-4-2-3-13(18)10-14/h2-10H,1H3,(H,19,20). The number of anilines is 1. The molecule has 2 rings (SSSR count). The molecule has 0 radical (unpaired) electrons. The first kappa shape index (κ1) is 16.0. The molecule has 0 saturated heterocycles. The first-order valence-electron chi connectivity index (χ1n) is 6.16. The summed E-state index contributed by atoms with van der Waals surface area (Å²) < 4.78 is 7.27. The van der Waals surface area contributed by atoms with Crippen LogP contribution in [-0.4, -0.2) is 13.0 Å². The molecule has 0 spiro atoms. The second-order valence-corrected chi connectivity index (χ2v) is 6.38. The number of halogens is 2. The van der Waals surface area contributed by atoms with Crippen molar-refractivity contribution >= 4 is 56.2 Å². The normalized spacial score (nSPS) is 10.6. The zero-order valence-corrected chi connectivity index (χ0v) is 15.0. The third-order valence-electron chi connectivity index (χ3n) is 2.70. The van der Waals surface area contributed by atoms with Crippen LogP contribution in [0.5, 0.6) is 5.75 Å². The third-order valence-corrected chi connectivity index (χ3v) is 3.86. The van der Waals surface area contributed by atoms with Crippen LogP contribution in [-0.2, 0) is 4.79 Å². The van der Waals surface area contributed by atoms with Crippen LogP contribution in [0.25, 0.3) is 6.08 Å². The van der Waals surface area contributed by atoms with E-state index in [-0.39, 0.29) is 5.91 Å². The van der Waals surface area contributed by atoms with E-state index in [9.17, 15) is 4.79 Å². The average Bonchev–Trinajstić information content (AvgIpc) is 2.45. The molecule has 0 aromatic heterocycles. The molecular weight excluding hydrogens is 445 g/mol. The van der Waals surface area contributed by atoms with E-state index in [0.717, 1.165) is 25.0 Å². The minimum Gasteiger partial charge on any atom is -0.496 e. The smallest absolute Gasteiger partial charge is 0.248 e. The maximum Gasteiger partial charge on any atom is 0.248 e. The molecule has 0 fully saturated rings. The van der Waals surface area contributed by atoms with E-state index in [1.54, 1.807) is 13.2 Å². The number of methoxy groups -OCH3 is 1. The van der Waals surface area contributed by atoms with Gasteiger partial charge < -0.3 is 10.1 Å². The summed E-state index contributed by atoms with van der Waals surface area (Å²) in [4.78, 5) is 11.9. The van der Waals surface area contributed by atoms with E-state index in [1.165, 1.54) is 6.08 Å². The lowest BCUT2D eigenvalue weighted by atomic mass is 10.2. The number of rotatable bonds is 4. The fraction of sp³-hybridized carbons (Fsp3) is 0.0625. The summed E-state index contributed by atoms with van der Waals surface area (Å²) in [5.74, 6) is 0.538. The summed E-state index contributed by atoms with van der Waals surface area (Å²) in [6, 6.07) is 13.3. The zero-order valence-electron chi connectivity index (χ0n) is 11.3. The summed E-state index contributed by atoms with van der Waals surface area (Å²) in [5.41, 5.74) is 1.61. The van der Waals surface area contributed by atoms with Crippen LogP contribution in [0.3, 0.4) is 0 Å². The van der Waals surface area contributed by atoms with Crippen molar-refractivity contribution in [2.75, 3.05) is 12.4 Å². The molecule has 21 heavy (non-hydrogen) atoms. The minimum absolute atomic E-state index is 0.181. The van der Waals surface area contributed by atoms with Crippen LogP contribution in [0.1, 0.15) is 5.56 Å². The van der Waals surface area contributed by atoms with Crippen molar-refractivity contribution in [1.29, 1.82) is 0 Å². The Morgan fingerprint density at radius 2 is 2.10 bits per heavy atom. The van der Waals surface area contributed by atoms with Gasteiger partial charge in [0.05, 0.1) is 7.11 Å². The highest BCUT2D eigenvalue weighted by Crippen LogP contribution is 2.24. The highest BCUT2D eigenvalue weighted by Gasteiger charge is 2.02. The van der Waals surface area contributed by atoms with Crippen LogP contribution < -0.4 is 10.1 Å². The Balaban J connectivity index is 2.10. The molecule has 2 aromatic rings. The number of ether oxygens (including phenoxy) is 1. The predicted molar refractivity (Wildman–Crippen MR) is 97.5 cm³/mol. The summed E-state index contributed by atoms with van der Waals surface area (Å²) in [6.07, 6.45) is 3.22. The summed E-state index contributed by atoms with van der Waals surface area (Å²) in [6.45, 7) is 0. The van der Waals surface area contributed by atoms with Crippen molar-refractivity contribution in [2.24, 2.45) is 0 Å². The summed E-state index contributed by atoms with van der Waals surface area (Å²) in [5, 5.41) is 2.82. The quantitative estimate of drug-likeness (QED) is 0.533. The highest BCUT2D eigenvalue weighted by molar-refractivity contribution is 14.1. The number of carbonyl (C=O) groups excluding carboxylic acids is 1. The van der Waals surface area contributed by atoms with Crippen molar-refractivity contribution in [3.05, 3.63) is 62.1 Å². The van der Waals surface area contributed by atoms with E-state index in [2.05, 4.69) is 43.8 Å². The van der Waals surface area contributed by atoms with Crippen LogP contribution in [0, 0.1) is 3.57 Å². The van der Waals surface area contributed by atoms with Gasteiger partial charge in [0.25, 0.3) is 0 Å². The van der Waals surface area contributed by atoms with Crippen molar-refractivity contribution in [3.8, 4) is 5.75 Å². The fourth-order valence-electron chi connectivity index (χ4n) is 1.75. The Morgan fingerprint density at radius 1 is 1.29 bits per heavy atom. The minimum atomic E-state index is -0.181. The zero-order chi connectivity index (χ0) is 15.2. The SMILES string of the molecule is COc1ccc(Br)cc1C=CC(=O)Nc1cccc(I)c1.